The Labute approximate surface area is 127 Å². The molecule has 106 valence electrons. The van der Waals surface area contributed by atoms with Gasteiger partial charge in [0.25, 0.3) is 0 Å². The zero-order valence-electron chi connectivity index (χ0n) is 11.3. The van der Waals surface area contributed by atoms with E-state index < -0.39 is 0 Å². The lowest BCUT2D eigenvalue weighted by molar-refractivity contribution is 0.894. The summed E-state index contributed by atoms with van der Waals surface area (Å²) in [4.78, 5) is 4.37. The Kier molecular flexibility index (Phi) is 3.00. The van der Waals surface area contributed by atoms with E-state index in [1.54, 1.807) is 6.20 Å². The van der Waals surface area contributed by atoms with Crippen molar-refractivity contribution in [2.24, 2.45) is 0 Å². The van der Waals surface area contributed by atoms with Gasteiger partial charge in [-0.15, -0.1) is 10.2 Å². The molecule has 21 heavy (non-hydrogen) atoms. The fourth-order valence-corrected chi connectivity index (χ4v) is 2.61. The summed E-state index contributed by atoms with van der Waals surface area (Å²) in [6.07, 6.45) is 6.10. The van der Waals surface area contributed by atoms with E-state index in [-0.39, 0.29) is 0 Å². The molecule has 0 atom stereocenters. The summed E-state index contributed by atoms with van der Waals surface area (Å²) in [5.41, 5.74) is 1.80. The van der Waals surface area contributed by atoms with E-state index in [1.165, 1.54) is 12.8 Å². The Morgan fingerprint density at radius 1 is 1.24 bits per heavy atom. The molecule has 1 aliphatic rings. The van der Waals surface area contributed by atoms with Crippen LogP contribution in [0.15, 0.2) is 36.7 Å². The summed E-state index contributed by atoms with van der Waals surface area (Å²) in [5.74, 6) is 2.32. The second kappa shape index (κ2) is 5.00. The van der Waals surface area contributed by atoms with Crippen molar-refractivity contribution in [2.45, 2.75) is 25.3 Å². The maximum Gasteiger partial charge on any atom is 0.203 e. The smallest absolute Gasteiger partial charge is 0.203 e. The van der Waals surface area contributed by atoms with Crippen molar-refractivity contribution in [3.05, 3.63) is 53.1 Å². The third-order valence-corrected chi connectivity index (χ3v) is 4.07. The molecule has 4 rings (SSSR count). The van der Waals surface area contributed by atoms with Gasteiger partial charge in [0.2, 0.25) is 5.65 Å². The molecule has 0 radical (unpaired) electrons. The Morgan fingerprint density at radius 3 is 2.90 bits per heavy atom. The first-order valence-corrected chi connectivity index (χ1v) is 7.37. The van der Waals surface area contributed by atoms with E-state index in [0.29, 0.717) is 12.5 Å². The molecule has 2 heterocycles. The summed E-state index contributed by atoms with van der Waals surface area (Å²) in [5, 5.41) is 12.6. The highest BCUT2D eigenvalue weighted by Crippen LogP contribution is 2.39. The standard InChI is InChI=1S/C15H14ClN5/c16-12-4-2-1-3-11(12)9-18-13-15-20-19-14(10-5-6-10)21(15)8-7-17-13/h1-4,7-8,10H,5-6,9H2,(H,17,18). The molecule has 6 heteroatoms. The average Bonchev–Trinajstić information content (AvgIpc) is 3.26. The van der Waals surface area contributed by atoms with Crippen LogP contribution in [0.5, 0.6) is 0 Å². The van der Waals surface area contributed by atoms with Crippen molar-refractivity contribution in [2.75, 3.05) is 5.32 Å². The van der Waals surface area contributed by atoms with Gasteiger partial charge in [-0.1, -0.05) is 29.8 Å². The van der Waals surface area contributed by atoms with Gasteiger partial charge in [0, 0.05) is 29.9 Å². The number of hydrogen-bond acceptors (Lipinski definition) is 4. The third kappa shape index (κ3) is 2.34. The van der Waals surface area contributed by atoms with Gasteiger partial charge in [-0.05, 0) is 24.5 Å². The monoisotopic (exact) mass is 299 g/mol. The Morgan fingerprint density at radius 2 is 2.10 bits per heavy atom. The van der Waals surface area contributed by atoms with Crippen LogP contribution in [0.2, 0.25) is 5.02 Å². The highest BCUT2D eigenvalue weighted by atomic mass is 35.5. The van der Waals surface area contributed by atoms with Crippen molar-refractivity contribution in [1.29, 1.82) is 0 Å². The molecule has 1 N–H and O–H groups in total. The van der Waals surface area contributed by atoms with Crippen LogP contribution in [-0.4, -0.2) is 19.6 Å². The number of nitrogens with zero attached hydrogens (tertiary/aromatic N) is 4. The minimum absolute atomic E-state index is 0.554. The van der Waals surface area contributed by atoms with Gasteiger partial charge in [0.15, 0.2) is 5.82 Å². The van der Waals surface area contributed by atoms with E-state index in [4.69, 9.17) is 11.6 Å². The number of nitrogens with one attached hydrogen (secondary N) is 1. The van der Waals surface area contributed by atoms with Crippen LogP contribution < -0.4 is 5.32 Å². The molecule has 0 bridgehead atoms. The number of benzene rings is 1. The number of anilines is 1. The van der Waals surface area contributed by atoms with Crippen molar-refractivity contribution >= 4 is 23.1 Å². The molecular formula is C15H14ClN5. The Bertz CT molecular complexity index is 794. The first kappa shape index (κ1) is 12.6. The fraction of sp³-hybridized carbons (Fsp3) is 0.267. The summed E-state index contributed by atoms with van der Waals surface area (Å²) in [7, 11) is 0. The number of fused-ring (bicyclic) bond motifs is 1. The molecular weight excluding hydrogens is 286 g/mol. The molecule has 0 unspecified atom stereocenters. The van der Waals surface area contributed by atoms with E-state index >= 15 is 0 Å². The Hall–Kier alpha value is -2.14. The summed E-state index contributed by atoms with van der Waals surface area (Å²) >= 11 is 6.17. The lowest BCUT2D eigenvalue weighted by Crippen LogP contribution is -2.04. The van der Waals surface area contributed by atoms with E-state index in [1.807, 2.05) is 34.9 Å². The molecule has 3 aromatic rings. The number of hydrogen-bond donors (Lipinski definition) is 1. The largest absolute Gasteiger partial charge is 0.363 e. The third-order valence-electron chi connectivity index (χ3n) is 3.70. The minimum atomic E-state index is 0.554. The fourth-order valence-electron chi connectivity index (χ4n) is 2.41. The second-order valence-electron chi connectivity index (χ2n) is 5.25. The molecule has 1 aromatic carbocycles. The molecule has 0 amide bonds. The van der Waals surface area contributed by atoms with E-state index in [0.717, 1.165) is 27.9 Å². The van der Waals surface area contributed by atoms with Gasteiger partial charge in [-0.2, -0.15) is 0 Å². The first-order chi connectivity index (χ1) is 10.3. The zero-order valence-corrected chi connectivity index (χ0v) is 12.1. The molecule has 2 aromatic heterocycles. The van der Waals surface area contributed by atoms with E-state index in [9.17, 15) is 0 Å². The van der Waals surface area contributed by atoms with Crippen molar-refractivity contribution in [1.82, 2.24) is 19.6 Å². The summed E-state index contributed by atoms with van der Waals surface area (Å²) in [6.45, 7) is 0.609. The number of aromatic nitrogens is 4. The van der Waals surface area contributed by atoms with E-state index in [2.05, 4.69) is 20.5 Å². The first-order valence-electron chi connectivity index (χ1n) is 7.00. The highest BCUT2D eigenvalue weighted by molar-refractivity contribution is 6.31. The molecule has 0 spiro atoms. The van der Waals surface area contributed by atoms with Crippen molar-refractivity contribution < 1.29 is 0 Å². The SMILES string of the molecule is Clc1ccccc1CNc1nccn2c(C3CC3)nnc12. The van der Waals surface area contributed by atoms with Gasteiger partial charge in [0.05, 0.1) is 0 Å². The summed E-state index contributed by atoms with van der Waals surface area (Å²) < 4.78 is 2.03. The highest BCUT2D eigenvalue weighted by Gasteiger charge is 2.29. The van der Waals surface area contributed by atoms with Gasteiger partial charge >= 0.3 is 0 Å². The van der Waals surface area contributed by atoms with Gasteiger partial charge in [-0.3, -0.25) is 4.40 Å². The van der Waals surface area contributed by atoms with Crippen LogP contribution in [0.25, 0.3) is 5.65 Å². The predicted octanol–water partition coefficient (Wildman–Crippen LogP) is 3.27. The number of halogens is 1. The lowest BCUT2D eigenvalue weighted by Gasteiger charge is -2.08. The molecule has 1 fully saturated rings. The van der Waals surface area contributed by atoms with Gasteiger partial charge in [-0.25, -0.2) is 4.98 Å². The average molecular weight is 300 g/mol. The van der Waals surface area contributed by atoms with Crippen LogP contribution >= 0.6 is 11.6 Å². The molecule has 0 saturated heterocycles. The van der Waals surface area contributed by atoms with Crippen LogP contribution in [0.1, 0.15) is 30.1 Å². The van der Waals surface area contributed by atoms with Crippen molar-refractivity contribution in [3.8, 4) is 0 Å². The van der Waals surface area contributed by atoms with Crippen LogP contribution in [0.4, 0.5) is 5.82 Å². The normalized spacial score (nSPS) is 14.5. The van der Waals surface area contributed by atoms with Gasteiger partial charge in [0.1, 0.15) is 5.82 Å². The maximum absolute atomic E-state index is 6.17. The molecule has 5 nitrogen and oxygen atoms in total. The molecule has 0 aliphatic heterocycles. The van der Waals surface area contributed by atoms with Crippen LogP contribution in [0.3, 0.4) is 0 Å². The Balaban J connectivity index is 1.63. The van der Waals surface area contributed by atoms with Crippen molar-refractivity contribution in [3.63, 3.8) is 0 Å². The van der Waals surface area contributed by atoms with Gasteiger partial charge < -0.3 is 5.32 Å². The predicted molar refractivity (Wildman–Crippen MR) is 81.5 cm³/mol. The minimum Gasteiger partial charge on any atom is -0.363 e. The molecule has 1 saturated carbocycles. The molecule has 1 aliphatic carbocycles. The number of rotatable bonds is 4. The van der Waals surface area contributed by atoms with Crippen LogP contribution in [-0.2, 0) is 6.54 Å². The summed E-state index contributed by atoms with van der Waals surface area (Å²) in [6, 6.07) is 7.77. The maximum atomic E-state index is 6.17. The zero-order chi connectivity index (χ0) is 14.2. The van der Waals surface area contributed by atoms with Crippen LogP contribution in [0, 0.1) is 0 Å². The lowest BCUT2D eigenvalue weighted by atomic mass is 10.2. The quantitative estimate of drug-likeness (QED) is 0.803. The topological polar surface area (TPSA) is 55.1 Å². The second-order valence-corrected chi connectivity index (χ2v) is 5.65.